The molecule has 3 heterocycles. The molecule has 0 spiro atoms. The van der Waals surface area contributed by atoms with E-state index in [2.05, 4.69) is 36.7 Å². The highest BCUT2D eigenvalue weighted by molar-refractivity contribution is 5.79. The second-order valence-electron chi connectivity index (χ2n) is 7.11. The smallest absolute Gasteiger partial charge is 0.193 e. The fraction of sp³-hybridized carbons (Fsp3) is 0.273. The van der Waals surface area contributed by atoms with E-state index in [-0.39, 0.29) is 0 Å². The van der Waals surface area contributed by atoms with Gasteiger partial charge in [-0.1, -0.05) is 24.3 Å². The first-order valence-electron chi connectivity index (χ1n) is 10.0. The first-order chi connectivity index (χ1) is 14.7. The summed E-state index contributed by atoms with van der Waals surface area (Å²) in [7, 11) is 3.83. The molecule has 30 heavy (non-hydrogen) atoms. The topological polar surface area (TPSA) is 75.6 Å². The van der Waals surface area contributed by atoms with Crippen LogP contribution in [0.25, 0.3) is 11.3 Å². The van der Waals surface area contributed by atoms with Gasteiger partial charge < -0.3 is 10.2 Å². The van der Waals surface area contributed by atoms with Crippen LogP contribution >= 0.6 is 0 Å². The molecule has 0 aliphatic carbocycles. The average molecular weight is 403 g/mol. The first-order valence-corrected chi connectivity index (χ1v) is 10.0. The number of guanidine groups is 1. The van der Waals surface area contributed by atoms with E-state index in [9.17, 15) is 0 Å². The molecular weight excluding hydrogens is 376 g/mol. The van der Waals surface area contributed by atoms with E-state index < -0.39 is 0 Å². The molecule has 0 aliphatic heterocycles. The van der Waals surface area contributed by atoms with Crippen LogP contribution in [0.3, 0.4) is 0 Å². The number of aliphatic imine (C=N–C) groups is 1. The Morgan fingerprint density at radius 1 is 1.10 bits per heavy atom. The van der Waals surface area contributed by atoms with Gasteiger partial charge in [-0.15, -0.1) is 10.2 Å². The Kier molecular flexibility index (Phi) is 6.03. The molecule has 4 rings (SSSR count). The van der Waals surface area contributed by atoms with E-state index in [0.717, 1.165) is 54.6 Å². The SMILES string of the molecule is CN=C(NCCCc1nnc2ccccn12)N(C)Cc1cnn(-c2ccccc2)c1. The van der Waals surface area contributed by atoms with Crippen molar-refractivity contribution in [3.63, 3.8) is 0 Å². The lowest BCUT2D eigenvalue weighted by Crippen LogP contribution is -2.38. The number of nitrogens with zero attached hydrogens (tertiary/aromatic N) is 7. The molecule has 154 valence electrons. The molecule has 1 aromatic carbocycles. The minimum absolute atomic E-state index is 0.724. The summed E-state index contributed by atoms with van der Waals surface area (Å²) in [6, 6.07) is 16.0. The van der Waals surface area contributed by atoms with E-state index >= 15 is 0 Å². The lowest BCUT2D eigenvalue weighted by Gasteiger charge is -2.21. The van der Waals surface area contributed by atoms with Crippen LogP contribution < -0.4 is 5.32 Å². The zero-order chi connectivity index (χ0) is 20.8. The fourth-order valence-corrected chi connectivity index (χ4v) is 3.41. The summed E-state index contributed by atoms with van der Waals surface area (Å²) in [5.41, 5.74) is 3.06. The zero-order valence-corrected chi connectivity index (χ0v) is 17.3. The largest absolute Gasteiger partial charge is 0.356 e. The standard InChI is InChI=1S/C22H26N8/c1-23-22(24-13-8-12-21-27-26-20-11-6-7-14-29(20)21)28(2)16-18-15-25-30(17-18)19-9-4-3-5-10-19/h3-7,9-11,14-15,17H,8,12-13,16H2,1-2H3,(H,23,24). The Morgan fingerprint density at radius 2 is 1.93 bits per heavy atom. The van der Waals surface area contributed by atoms with Crippen LogP contribution in [-0.2, 0) is 13.0 Å². The summed E-state index contributed by atoms with van der Waals surface area (Å²) < 4.78 is 3.92. The predicted octanol–water partition coefficient (Wildman–Crippen LogP) is 2.55. The number of benzene rings is 1. The fourth-order valence-electron chi connectivity index (χ4n) is 3.41. The lowest BCUT2D eigenvalue weighted by molar-refractivity contribution is 0.475. The number of nitrogens with one attached hydrogen (secondary N) is 1. The van der Waals surface area contributed by atoms with Gasteiger partial charge in [-0.2, -0.15) is 5.10 Å². The maximum atomic E-state index is 4.47. The number of para-hydroxylation sites is 1. The summed E-state index contributed by atoms with van der Waals surface area (Å²) in [5, 5.41) is 16.4. The van der Waals surface area contributed by atoms with Gasteiger partial charge in [0.05, 0.1) is 11.9 Å². The number of pyridine rings is 1. The Morgan fingerprint density at radius 3 is 2.77 bits per heavy atom. The van der Waals surface area contributed by atoms with Crippen molar-refractivity contribution in [2.75, 3.05) is 20.6 Å². The second kappa shape index (κ2) is 9.21. The van der Waals surface area contributed by atoms with Crippen molar-refractivity contribution in [2.45, 2.75) is 19.4 Å². The molecule has 8 nitrogen and oxygen atoms in total. The molecule has 0 saturated carbocycles. The summed E-state index contributed by atoms with van der Waals surface area (Å²) in [6.07, 6.45) is 7.74. The van der Waals surface area contributed by atoms with Crippen LogP contribution in [0.15, 0.2) is 72.1 Å². The first kappa shape index (κ1) is 19.6. The Bertz CT molecular complexity index is 1110. The molecule has 0 amide bonds. The average Bonchev–Trinajstić information content (AvgIpc) is 3.41. The van der Waals surface area contributed by atoms with Gasteiger partial charge in [0.2, 0.25) is 0 Å². The molecule has 3 aromatic heterocycles. The van der Waals surface area contributed by atoms with Gasteiger partial charge in [-0.05, 0) is 30.7 Å². The maximum Gasteiger partial charge on any atom is 0.193 e. The Labute approximate surface area is 175 Å². The van der Waals surface area contributed by atoms with Crippen LogP contribution in [0.2, 0.25) is 0 Å². The van der Waals surface area contributed by atoms with Crippen molar-refractivity contribution in [1.29, 1.82) is 0 Å². The van der Waals surface area contributed by atoms with Gasteiger partial charge in [0.25, 0.3) is 0 Å². The number of aryl methyl sites for hydroxylation is 1. The molecule has 0 fully saturated rings. The molecule has 1 N–H and O–H groups in total. The summed E-state index contributed by atoms with van der Waals surface area (Å²) in [4.78, 5) is 6.50. The highest BCUT2D eigenvalue weighted by atomic mass is 15.3. The normalized spacial score (nSPS) is 11.7. The van der Waals surface area contributed by atoms with Crippen LogP contribution in [0.1, 0.15) is 17.8 Å². The molecule has 8 heteroatoms. The minimum Gasteiger partial charge on any atom is -0.356 e. The number of aromatic nitrogens is 5. The molecule has 0 aliphatic rings. The van der Waals surface area contributed by atoms with Crippen molar-refractivity contribution in [1.82, 2.24) is 34.6 Å². The van der Waals surface area contributed by atoms with Crippen molar-refractivity contribution in [3.05, 3.63) is 78.5 Å². The van der Waals surface area contributed by atoms with Crippen molar-refractivity contribution in [2.24, 2.45) is 4.99 Å². The molecule has 0 radical (unpaired) electrons. The number of rotatable bonds is 7. The number of hydrogen-bond acceptors (Lipinski definition) is 4. The van der Waals surface area contributed by atoms with Gasteiger partial charge in [0.15, 0.2) is 11.6 Å². The van der Waals surface area contributed by atoms with E-state index in [0.29, 0.717) is 0 Å². The summed E-state index contributed by atoms with van der Waals surface area (Å²) in [5.74, 6) is 1.83. The molecular formula is C22H26N8. The van der Waals surface area contributed by atoms with Crippen LogP contribution in [-0.4, -0.2) is 55.9 Å². The third-order valence-corrected chi connectivity index (χ3v) is 4.89. The van der Waals surface area contributed by atoms with Crippen LogP contribution in [0.4, 0.5) is 0 Å². The van der Waals surface area contributed by atoms with Crippen LogP contribution in [0, 0.1) is 0 Å². The van der Waals surface area contributed by atoms with E-state index in [1.807, 2.05) is 77.1 Å². The quantitative estimate of drug-likeness (QED) is 0.292. The van der Waals surface area contributed by atoms with E-state index in [4.69, 9.17) is 0 Å². The van der Waals surface area contributed by atoms with E-state index in [1.54, 1.807) is 7.05 Å². The highest BCUT2D eigenvalue weighted by Gasteiger charge is 2.09. The van der Waals surface area contributed by atoms with Crippen LogP contribution in [0.5, 0.6) is 0 Å². The molecule has 0 saturated heterocycles. The van der Waals surface area contributed by atoms with Gasteiger partial charge in [-0.25, -0.2) is 4.68 Å². The van der Waals surface area contributed by atoms with Gasteiger partial charge in [0.1, 0.15) is 5.82 Å². The second-order valence-corrected chi connectivity index (χ2v) is 7.11. The monoisotopic (exact) mass is 402 g/mol. The number of hydrogen-bond donors (Lipinski definition) is 1. The molecule has 4 aromatic rings. The number of fused-ring (bicyclic) bond motifs is 1. The van der Waals surface area contributed by atoms with E-state index in [1.165, 1.54) is 0 Å². The maximum absolute atomic E-state index is 4.47. The molecule has 0 atom stereocenters. The third kappa shape index (κ3) is 4.48. The Balaban J connectivity index is 1.28. The lowest BCUT2D eigenvalue weighted by atomic mass is 10.3. The van der Waals surface area contributed by atoms with Gasteiger partial charge in [0, 0.05) is 51.6 Å². The third-order valence-electron chi connectivity index (χ3n) is 4.89. The van der Waals surface area contributed by atoms with Gasteiger partial charge >= 0.3 is 0 Å². The summed E-state index contributed by atoms with van der Waals surface area (Å²) >= 11 is 0. The van der Waals surface area contributed by atoms with Crippen molar-refractivity contribution >= 4 is 11.6 Å². The van der Waals surface area contributed by atoms with Crippen molar-refractivity contribution < 1.29 is 0 Å². The highest BCUT2D eigenvalue weighted by Crippen LogP contribution is 2.09. The van der Waals surface area contributed by atoms with Gasteiger partial charge in [-0.3, -0.25) is 9.39 Å². The Hall–Kier alpha value is -3.68. The summed E-state index contributed by atoms with van der Waals surface area (Å²) in [6.45, 7) is 1.53. The van der Waals surface area contributed by atoms with Crippen molar-refractivity contribution in [3.8, 4) is 5.69 Å². The minimum atomic E-state index is 0.724. The predicted molar refractivity (Wildman–Crippen MR) is 118 cm³/mol. The molecule has 0 unspecified atom stereocenters. The molecule has 0 bridgehead atoms. The zero-order valence-electron chi connectivity index (χ0n) is 17.3.